The molecule has 0 bridgehead atoms. The van der Waals surface area contributed by atoms with Gasteiger partial charge in [0.05, 0.1) is 19.3 Å². The van der Waals surface area contributed by atoms with Gasteiger partial charge in [0.1, 0.15) is 5.75 Å². The Morgan fingerprint density at radius 2 is 1.95 bits per heavy atom. The van der Waals surface area contributed by atoms with Crippen LogP contribution in [0.4, 0.5) is 0 Å². The van der Waals surface area contributed by atoms with Crippen molar-refractivity contribution in [2.24, 2.45) is 0 Å². The zero-order valence-corrected chi connectivity index (χ0v) is 13.1. The molecule has 0 saturated carbocycles. The van der Waals surface area contributed by atoms with E-state index in [9.17, 15) is 4.79 Å². The van der Waals surface area contributed by atoms with Crippen LogP contribution in [-0.2, 0) is 14.3 Å². The van der Waals surface area contributed by atoms with Crippen molar-refractivity contribution in [1.29, 1.82) is 0 Å². The number of halogens is 1. The first-order valence-corrected chi connectivity index (χ1v) is 8.03. The van der Waals surface area contributed by atoms with E-state index in [1.54, 1.807) is 24.3 Å². The lowest BCUT2D eigenvalue weighted by Crippen LogP contribution is -2.51. The molecule has 6 heteroatoms. The summed E-state index contributed by atoms with van der Waals surface area (Å²) in [5, 5.41) is 0.644. The van der Waals surface area contributed by atoms with Gasteiger partial charge in [-0.05, 0) is 43.5 Å². The molecule has 0 aromatic heterocycles. The topological polar surface area (TPSA) is 48.0 Å². The smallest absolute Gasteiger partial charge is 0.260 e. The lowest BCUT2D eigenvalue weighted by Gasteiger charge is -2.37. The van der Waals surface area contributed by atoms with Crippen LogP contribution in [0.15, 0.2) is 24.3 Å². The number of hydrogen-bond acceptors (Lipinski definition) is 4. The highest BCUT2D eigenvalue weighted by Crippen LogP contribution is 2.24. The summed E-state index contributed by atoms with van der Waals surface area (Å²) in [7, 11) is 0. The van der Waals surface area contributed by atoms with Gasteiger partial charge in [-0.25, -0.2) is 0 Å². The van der Waals surface area contributed by atoms with Gasteiger partial charge in [-0.3, -0.25) is 4.79 Å². The van der Waals surface area contributed by atoms with Crippen molar-refractivity contribution in [2.45, 2.75) is 31.6 Å². The fourth-order valence-corrected chi connectivity index (χ4v) is 3.03. The van der Waals surface area contributed by atoms with Gasteiger partial charge in [0.25, 0.3) is 5.91 Å². The summed E-state index contributed by atoms with van der Waals surface area (Å²) in [5.41, 5.74) is 0. The van der Waals surface area contributed by atoms with Crippen LogP contribution in [0.3, 0.4) is 0 Å². The summed E-state index contributed by atoms with van der Waals surface area (Å²) < 4.78 is 16.7. The van der Waals surface area contributed by atoms with E-state index in [1.807, 2.05) is 4.90 Å². The Balaban J connectivity index is 1.58. The molecular weight excluding hydrogens is 306 g/mol. The van der Waals surface area contributed by atoms with Crippen molar-refractivity contribution in [3.8, 4) is 5.75 Å². The maximum Gasteiger partial charge on any atom is 0.260 e. The minimum atomic E-state index is -0.292. The molecule has 2 saturated heterocycles. The second kappa shape index (κ2) is 7.31. The highest BCUT2D eigenvalue weighted by molar-refractivity contribution is 6.30. The predicted molar refractivity (Wildman–Crippen MR) is 82.0 cm³/mol. The quantitative estimate of drug-likeness (QED) is 0.853. The highest BCUT2D eigenvalue weighted by atomic mass is 35.5. The van der Waals surface area contributed by atoms with E-state index in [4.69, 9.17) is 25.8 Å². The Hall–Kier alpha value is -1.30. The van der Waals surface area contributed by atoms with Crippen LogP contribution >= 0.6 is 11.6 Å². The van der Waals surface area contributed by atoms with Crippen LogP contribution in [0.1, 0.15) is 19.3 Å². The van der Waals surface area contributed by atoms with Crippen molar-refractivity contribution >= 4 is 17.5 Å². The van der Waals surface area contributed by atoms with Crippen LogP contribution in [0.5, 0.6) is 5.75 Å². The van der Waals surface area contributed by atoms with Gasteiger partial charge >= 0.3 is 0 Å². The van der Waals surface area contributed by atoms with Crippen molar-refractivity contribution in [2.75, 3.05) is 26.4 Å². The Bertz CT molecular complexity index is 501. The van der Waals surface area contributed by atoms with E-state index in [-0.39, 0.29) is 24.8 Å². The minimum absolute atomic E-state index is 0.00225. The number of amides is 1. The molecule has 120 valence electrons. The average molecular weight is 326 g/mol. The first-order chi connectivity index (χ1) is 10.7. The highest BCUT2D eigenvalue weighted by Gasteiger charge is 2.36. The maximum absolute atomic E-state index is 12.5. The average Bonchev–Trinajstić information content (AvgIpc) is 3.08. The Labute approximate surface area is 135 Å². The second-order valence-corrected chi connectivity index (χ2v) is 5.94. The standard InChI is InChI=1S/C16H20ClNO4/c17-12-4-6-13(7-5-12)22-11-15(19)18-8-2-1-3-14(18)16-20-9-10-21-16/h4-7,14,16H,1-3,8-11H2. The molecule has 2 heterocycles. The third-order valence-corrected chi connectivity index (χ3v) is 4.26. The molecule has 1 amide bonds. The number of carbonyl (C=O) groups is 1. The lowest BCUT2D eigenvalue weighted by atomic mass is 10.0. The van der Waals surface area contributed by atoms with Crippen LogP contribution in [0.2, 0.25) is 5.02 Å². The van der Waals surface area contributed by atoms with Crippen LogP contribution in [0, 0.1) is 0 Å². The fraction of sp³-hybridized carbons (Fsp3) is 0.562. The monoisotopic (exact) mass is 325 g/mol. The SMILES string of the molecule is O=C(COc1ccc(Cl)cc1)N1CCCCC1C1OCCO1. The summed E-state index contributed by atoms with van der Waals surface area (Å²) in [5.74, 6) is 0.610. The number of ether oxygens (including phenoxy) is 3. The Morgan fingerprint density at radius 3 is 2.68 bits per heavy atom. The first-order valence-electron chi connectivity index (χ1n) is 7.65. The molecule has 3 rings (SSSR count). The van der Waals surface area contributed by atoms with Gasteiger partial charge < -0.3 is 19.1 Å². The Kier molecular flexibility index (Phi) is 5.18. The molecule has 1 aromatic rings. The van der Waals surface area contributed by atoms with Crippen molar-refractivity contribution < 1.29 is 19.0 Å². The van der Waals surface area contributed by atoms with Crippen LogP contribution < -0.4 is 4.74 Å². The second-order valence-electron chi connectivity index (χ2n) is 5.50. The molecule has 2 aliphatic heterocycles. The lowest BCUT2D eigenvalue weighted by molar-refractivity contribution is -0.152. The molecule has 0 spiro atoms. The Morgan fingerprint density at radius 1 is 1.23 bits per heavy atom. The number of rotatable bonds is 4. The number of piperidine rings is 1. The number of hydrogen-bond donors (Lipinski definition) is 0. The summed E-state index contributed by atoms with van der Waals surface area (Å²) in [6.45, 7) is 1.95. The predicted octanol–water partition coefficient (Wildman–Crippen LogP) is 2.47. The van der Waals surface area contributed by atoms with E-state index >= 15 is 0 Å². The summed E-state index contributed by atoms with van der Waals surface area (Å²) in [4.78, 5) is 14.3. The molecule has 1 atom stereocenters. The number of nitrogens with zero attached hydrogens (tertiary/aromatic N) is 1. The zero-order valence-electron chi connectivity index (χ0n) is 12.4. The summed E-state index contributed by atoms with van der Waals surface area (Å²) >= 11 is 5.83. The third kappa shape index (κ3) is 3.72. The van der Waals surface area contributed by atoms with Gasteiger partial charge in [0.2, 0.25) is 0 Å². The van der Waals surface area contributed by atoms with Gasteiger partial charge in [0.15, 0.2) is 12.9 Å². The molecule has 1 unspecified atom stereocenters. The molecule has 0 aliphatic carbocycles. The summed E-state index contributed by atoms with van der Waals surface area (Å²) in [6, 6.07) is 6.99. The molecule has 22 heavy (non-hydrogen) atoms. The van der Waals surface area contributed by atoms with Crippen LogP contribution in [0.25, 0.3) is 0 Å². The van der Waals surface area contributed by atoms with E-state index < -0.39 is 0 Å². The van der Waals surface area contributed by atoms with E-state index in [0.717, 1.165) is 25.8 Å². The van der Waals surface area contributed by atoms with Crippen molar-refractivity contribution in [3.63, 3.8) is 0 Å². The van der Waals surface area contributed by atoms with Gasteiger partial charge in [-0.1, -0.05) is 11.6 Å². The van der Waals surface area contributed by atoms with E-state index in [2.05, 4.69) is 0 Å². The molecule has 0 radical (unpaired) electrons. The van der Waals surface area contributed by atoms with Gasteiger partial charge in [-0.2, -0.15) is 0 Å². The number of benzene rings is 1. The van der Waals surface area contributed by atoms with E-state index in [1.165, 1.54) is 0 Å². The zero-order chi connectivity index (χ0) is 15.4. The molecular formula is C16H20ClNO4. The molecule has 0 N–H and O–H groups in total. The third-order valence-electron chi connectivity index (χ3n) is 4.01. The molecule has 5 nitrogen and oxygen atoms in total. The van der Waals surface area contributed by atoms with Gasteiger partial charge in [-0.15, -0.1) is 0 Å². The largest absolute Gasteiger partial charge is 0.484 e. The fourth-order valence-electron chi connectivity index (χ4n) is 2.91. The van der Waals surface area contributed by atoms with Crippen LogP contribution in [-0.4, -0.2) is 49.5 Å². The molecule has 1 aromatic carbocycles. The number of carbonyl (C=O) groups excluding carboxylic acids is 1. The molecule has 2 fully saturated rings. The summed E-state index contributed by atoms with van der Waals surface area (Å²) in [6.07, 6.45) is 2.72. The molecule has 2 aliphatic rings. The van der Waals surface area contributed by atoms with Crippen molar-refractivity contribution in [3.05, 3.63) is 29.3 Å². The number of likely N-dealkylation sites (tertiary alicyclic amines) is 1. The van der Waals surface area contributed by atoms with Gasteiger partial charge in [0, 0.05) is 11.6 Å². The maximum atomic E-state index is 12.5. The minimum Gasteiger partial charge on any atom is -0.484 e. The van der Waals surface area contributed by atoms with E-state index in [0.29, 0.717) is 24.0 Å². The first kappa shape index (κ1) is 15.6. The van der Waals surface area contributed by atoms with Crippen molar-refractivity contribution in [1.82, 2.24) is 4.90 Å². The normalized spacial score (nSPS) is 22.8.